The van der Waals surface area contributed by atoms with Crippen molar-refractivity contribution >= 4 is 28.3 Å². The van der Waals surface area contributed by atoms with Crippen LogP contribution in [0.4, 0.5) is 4.39 Å². The second-order valence-electron chi connectivity index (χ2n) is 7.62. The van der Waals surface area contributed by atoms with E-state index in [1.165, 1.54) is 23.7 Å². The summed E-state index contributed by atoms with van der Waals surface area (Å²) in [6, 6.07) is 10.6. The van der Waals surface area contributed by atoms with Crippen LogP contribution in [0.1, 0.15) is 20.1 Å². The predicted molar refractivity (Wildman–Crippen MR) is 130 cm³/mol. The minimum atomic E-state index is -0.840. The summed E-state index contributed by atoms with van der Waals surface area (Å²) in [6.45, 7) is 2.37. The van der Waals surface area contributed by atoms with Crippen LogP contribution >= 0.6 is 11.3 Å². The van der Waals surface area contributed by atoms with Gasteiger partial charge in [0.25, 0.3) is 0 Å². The second kappa shape index (κ2) is 9.94. The molecule has 4 heterocycles. The highest BCUT2D eigenvalue weighted by Crippen LogP contribution is 2.30. The molecule has 0 aliphatic heterocycles. The molecule has 0 unspecified atom stereocenters. The SMILES string of the molecule is CNCc1ccc(-c2ncnc3[nH]c(-c4cnn(C)c4)cc23)cc1F.Cc1ccc(C(=O)O)s1. The van der Waals surface area contributed by atoms with E-state index in [9.17, 15) is 9.18 Å². The average Bonchev–Trinajstić information content (AvgIpc) is 3.54. The van der Waals surface area contributed by atoms with E-state index in [4.69, 9.17) is 5.11 Å². The number of hydrogen-bond acceptors (Lipinski definition) is 6. The van der Waals surface area contributed by atoms with Crippen LogP contribution in [0.25, 0.3) is 33.5 Å². The van der Waals surface area contributed by atoms with E-state index < -0.39 is 5.97 Å². The lowest BCUT2D eigenvalue weighted by atomic mass is 10.1. The highest BCUT2D eigenvalue weighted by Gasteiger charge is 2.13. The maximum Gasteiger partial charge on any atom is 0.345 e. The van der Waals surface area contributed by atoms with Crippen molar-refractivity contribution in [2.45, 2.75) is 13.5 Å². The molecule has 0 aliphatic carbocycles. The van der Waals surface area contributed by atoms with E-state index in [2.05, 4.69) is 25.4 Å². The highest BCUT2D eigenvalue weighted by atomic mass is 32.1. The number of thiophene rings is 1. The van der Waals surface area contributed by atoms with Crippen molar-refractivity contribution in [3.05, 3.63) is 76.3 Å². The first-order valence-electron chi connectivity index (χ1n) is 10.4. The molecule has 0 amide bonds. The van der Waals surface area contributed by atoms with Gasteiger partial charge in [0.05, 0.1) is 17.6 Å². The highest BCUT2D eigenvalue weighted by molar-refractivity contribution is 7.13. The molecule has 1 aromatic carbocycles. The molecular formula is C24H23FN6O2S. The number of carbonyl (C=O) groups is 1. The quantitative estimate of drug-likeness (QED) is 0.340. The summed E-state index contributed by atoms with van der Waals surface area (Å²) < 4.78 is 16.0. The third kappa shape index (κ3) is 5.03. The zero-order valence-corrected chi connectivity index (χ0v) is 19.7. The molecule has 34 heavy (non-hydrogen) atoms. The maximum absolute atomic E-state index is 14.3. The van der Waals surface area contributed by atoms with Gasteiger partial charge in [0, 0.05) is 46.7 Å². The summed E-state index contributed by atoms with van der Waals surface area (Å²) in [5.74, 6) is -1.09. The Labute approximate surface area is 199 Å². The number of aromatic carboxylic acids is 1. The fraction of sp³-hybridized carbons (Fsp3) is 0.167. The number of halogens is 1. The van der Waals surface area contributed by atoms with Crippen LogP contribution in [0.3, 0.4) is 0 Å². The molecular weight excluding hydrogens is 455 g/mol. The molecule has 0 bridgehead atoms. The van der Waals surface area contributed by atoms with Crippen molar-refractivity contribution in [3.63, 3.8) is 0 Å². The number of aryl methyl sites for hydroxylation is 2. The van der Waals surface area contributed by atoms with Crippen molar-refractivity contribution in [1.82, 2.24) is 30.0 Å². The summed E-state index contributed by atoms with van der Waals surface area (Å²) >= 11 is 1.30. The Morgan fingerprint density at radius 3 is 2.62 bits per heavy atom. The van der Waals surface area contributed by atoms with Gasteiger partial charge in [0.2, 0.25) is 0 Å². The van der Waals surface area contributed by atoms with Gasteiger partial charge in [-0.25, -0.2) is 19.2 Å². The fourth-order valence-corrected chi connectivity index (χ4v) is 4.17. The van der Waals surface area contributed by atoms with E-state index in [0.29, 0.717) is 28.3 Å². The number of carboxylic acid groups (broad SMARTS) is 1. The number of fused-ring (bicyclic) bond motifs is 1. The van der Waals surface area contributed by atoms with Crippen molar-refractivity contribution in [2.24, 2.45) is 7.05 Å². The van der Waals surface area contributed by atoms with Crippen molar-refractivity contribution < 1.29 is 14.3 Å². The zero-order valence-electron chi connectivity index (χ0n) is 18.8. The minimum Gasteiger partial charge on any atom is -0.477 e. The van der Waals surface area contributed by atoms with E-state index in [1.807, 2.05) is 32.3 Å². The number of carboxylic acids is 1. The Hall–Kier alpha value is -3.89. The van der Waals surface area contributed by atoms with Crippen LogP contribution in [-0.2, 0) is 13.6 Å². The van der Waals surface area contributed by atoms with E-state index in [0.717, 1.165) is 27.1 Å². The smallest absolute Gasteiger partial charge is 0.345 e. The average molecular weight is 479 g/mol. The molecule has 0 saturated carbocycles. The number of nitrogens with one attached hydrogen (secondary N) is 2. The first kappa shape index (κ1) is 23.3. The Bertz CT molecular complexity index is 1450. The molecule has 0 saturated heterocycles. The first-order valence-corrected chi connectivity index (χ1v) is 11.2. The van der Waals surface area contributed by atoms with Crippen molar-refractivity contribution in [2.75, 3.05) is 7.05 Å². The van der Waals surface area contributed by atoms with Crippen LogP contribution in [0.2, 0.25) is 0 Å². The van der Waals surface area contributed by atoms with Crippen LogP contribution in [0.5, 0.6) is 0 Å². The second-order valence-corrected chi connectivity index (χ2v) is 8.91. The maximum atomic E-state index is 14.3. The zero-order chi connectivity index (χ0) is 24.2. The molecule has 0 atom stereocenters. The van der Waals surface area contributed by atoms with Gasteiger partial charge in [0.1, 0.15) is 22.7 Å². The van der Waals surface area contributed by atoms with Gasteiger partial charge in [0.15, 0.2) is 0 Å². The molecule has 3 N–H and O–H groups in total. The molecule has 0 aliphatic rings. The number of H-pyrrole nitrogens is 1. The number of aromatic amines is 1. The molecule has 8 nitrogen and oxygen atoms in total. The van der Waals surface area contributed by atoms with Crippen LogP contribution in [0.15, 0.2) is 55.1 Å². The molecule has 10 heteroatoms. The predicted octanol–water partition coefficient (Wildman–Crippen LogP) is 4.64. The number of rotatable bonds is 5. The van der Waals surface area contributed by atoms with E-state index >= 15 is 0 Å². The summed E-state index contributed by atoms with van der Waals surface area (Å²) in [5.41, 5.74) is 4.62. The van der Waals surface area contributed by atoms with E-state index in [-0.39, 0.29) is 5.82 Å². The van der Waals surface area contributed by atoms with Gasteiger partial charge in [-0.3, -0.25) is 4.68 Å². The monoisotopic (exact) mass is 478 g/mol. The van der Waals surface area contributed by atoms with Crippen molar-refractivity contribution in [3.8, 4) is 22.5 Å². The van der Waals surface area contributed by atoms with Gasteiger partial charge in [-0.05, 0) is 38.2 Å². The Kier molecular flexibility index (Phi) is 6.80. The third-order valence-corrected chi connectivity index (χ3v) is 6.08. The van der Waals surface area contributed by atoms with Crippen LogP contribution in [-0.4, -0.2) is 42.9 Å². The number of benzene rings is 1. The number of nitrogens with zero attached hydrogens (tertiary/aromatic N) is 4. The van der Waals surface area contributed by atoms with Gasteiger partial charge < -0.3 is 15.4 Å². The number of hydrogen-bond donors (Lipinski definition) is 3. The normalized spacial score (nSPS) is 10.8. The molecule has 0 spiro atoms. The molecule has 0 fully saturated rings. The topological polar surface area (TPSA) is 109 Å². The third-order valence-electron chi connectivity index (χ3n) is 5.09. The summed E-state index contributed by atoms with van der Waals surface area (Å²) in [5, 5.41) is 16.4. The van der Waals surface area contributed by atoms with Crippen molar-refractivity contribution in [1.29, 1.82) is 0 Å². The summed E-state index contributed by atoms with van der Waals surface area (Å²) in [4.78, 5) is 23.6. The van der Waals surface area contributed by atoms with Gasteiger partial charge in [-0.15, -0.1) is 11.3 Å². The van der Waals surface area contributed by atoms with Gasteiger partial charge >= 0.3 is 5.97 Å². The molecule has 0 radical (unpaired) electrons. The molecule has 5 aromatic rings. The number of aromatic nitrogens is 5. The lowest BCUT2D eigenvalue weighted by Gasteiger charge is -2.06. The molecule has 174 valence electrons. The summed E-state index contributed by atoms with van der Waals surface area (Å²) in [7, 11) is 3.66. The fourth-order valence-electron chi connectivity index (χ4n) is 3.46. The lowest BCUT2D eigenvalue weighted by molar-refractivity contribution is 0.0702. The molecule has 4 aromatic heterocycles. The largest absolute Gasteiger partial charge is 0.477 e. The Balaban J connectivity index is 0.000000257. The first-order chi connectivity index (χ1) is 16.4. The van der Waals surface area contributed by atoms with E-state index in [1.54, 1.807) is 36.1 Å². The van der Waals surface area contributed by atoms with Crippen LogP contribution in [0, 0.1) is 12.7 Å². The van der Waals surface area contributed by atoms with Gasteiger partial charge in [-0.1, -0.05) is 12.1 Å². The van der Waals surface area contributed by atoms with Crippen LogP contribution < -0.4 is 5.32 Å². The Morgan fingerprint density at radius 1 is 1.21 bits per heavy atom. The summed E-state index contributed by atoms with van der Waals surface area (Å²) in [6.07, 6.45) is 5.19. The Morgan fingerprint density at radius 2 is 2.03 bits per heavy atom. The lowest BCUT2D eigenvalue weighted by Crippen LogP contribution is -2.06. The van der Waals surface area contributed by atoms with Gasteiger partial charge in [-0.2, -0.15) is 5.10 Å². The standard InChI is InChI=1S/C18H17FN6.C6H6O2S/c1-20-7-12-4-3-11(5-15(12)19)17-14-6-16(13-8-23-25(2)9-13)24-18(14)22-10-21-17;1-4-2-3-5(9-4)6(7)8/h3-6,8-10,20H,7H2,1-2H3,(H,21,22,24);2-3H,1H3,(H,7,8). The minimum absolute atomic E-state index is 0.248. The molecule has 5 rings (SSSR count).